The van der Waals surface area contributed by atoms with Gasteiger partial charge in [-0.2, -0.15) is 10.2 Å². The Balaban J connectivity index is 2.39. The summed E-state index contributed by atoms with van der Waals surface area (Å²) in [4.78, 5) is 0. The molecule has 0 radical (unpaired) electrons. The Morgan fingerprint density at radius 1 is 1.26 bits per heavy atom. The van der Waals surface area contributed by atoms with Gasteiger partial charge in [-0.1, -0.05) is 13.8 Å². The van der Waals surface area contributed by atoms with E-state index in [1.54, 1.807) is 0 Å². The molecule has 1 unspecified atom stereocenters. The quantitative estimate of drug-likeness (QED) is 0.789. The summed E-state index contributed by atoms with van der Waals surface area (Å²) >= 11 is 6.32. The van der Waals surface area contributed by atoms with Crippen molar-refractivity contribution in [3.05, 3.63) is 34.9 Å². The molecule has 0 aliphatic heterocycles. The average Bonchev–Trinajstić information content (AvgIpc) is 2.93. The summed E-state index contributed by atoms with van der Waals surface area (Å²) in [6.07, 6.45) is 3.80. The average molecular weight is 281 g/mol. The van der Waals surface area contributed by atoms with Crippen molar-refractivity contribution in [1.82, 2.24) is 19.6 Å². The van der Waals surface area contributed by atoms with Gasteiger partial charge < -0.3 is 0 Å². The molecule has 0 aromatic carbocycles. The summed E-state index contributed by atoms with van der Waals surface area (Å²) in [5, 5.41) is 9.12. The van der Waals surface area contributed by atoms with Gasteiger partial charge in [0.1, 0.15) is 0 Å². The third kappa shape index (κ3) is 2.84. The van der Waals surface area contributed by atoms with Gasteiger partial charge in [-0.3, -0.25) is 9.36 Å². The minimum atomic E-state index is 0.00221. The van der Waals surface area contributed by atoms with Crippen LogP contribution >= 0.6 is 11.6 Å². The molecule has 104 valence electrons. The van der Waals surface area contributed by atoms with Crippen LogP contribution in [0.1, 0.15) is 48.8 Å². The van der Waals surface area contributed by atoms with E-state index in [-0.39, 0.29) is 5.38 Å². The summed E-state index contributed by atoms with van der Waals surface area (Å²) < 4.78 is 3.87. The van der Waals surface area contributed by atoms with Crippen molar-refractivity contribution in [3.63, 3.8) is 0 Å². The van der Waals surface area contributed by atoms with Crippen LogP contribution in [-0.2, 0) is 26.4 Å². The Hall–Kier alpha value is -1.29. The minimum Gasteiger partial charge on any atom is -0.275 e. The molecule has 2 aromatic rings. The Morgan fingerprint density at radius 2 is 2.00 bits per heavy atom. The van der Waals surface area contributed by atoms with Crippen molar-refractivity contribution in [3.8, 4) is 0 Å². The molecule has 2 aromatic heterocycles. The van der Waals surface area contributed by atoms with E-state index in [1.807, 2.05) is 30.9 Å². The SMILES string of the molecule is CCc1nn(Cc2ccn(C)n2)c(CC)c1C(C)Cl. The van der Waals surface area contributed by atoms with Crippen LogP contribution in [0.3, 0.4) is 0 Å². The highest BCUT2D eigenvalue weighted by atomic mass is 35.5. The number of halogens is 1. The molecule has 0 spiro atoms. The van der Waals surface area contributed by atoms with Crippen molar-refractivity contribution in [2.24, 2.45) is 7.05 Å². The van der Waals surface area contributed by atoms with Crippen molar-refractivity contribution in [2.45, 2.75) is 45.5 Å². The summed E-state index contributed by atoms with van der Waals surface area (Å²) in [7, 11) is 1.93. The Bertz CT molecular complexity index is 554. The fraction of sp³-hybridized carbons (Fsp3) is 0.571. The zero-order valence-electron chi connectivity index (χ0n) is 12.0. The standard InChI is InChI=1S/C14H21ClN4/c1-5-12-14(10(3)15)13(6-2)19(17-12)9-11-7-8-18(4)16-11/h7-8,10H,5-6,9H2,1-4H3. The molecule has 1 atom stereocenters. The second-order valence-corrected chi connectivity index (χ2v) is 5.42. The summed E-state index contributed by atoms with van der Waals surface area (Å²) in [5.74, 6) is 0. The first-order valence-corrected chi connectivity index (χ1v) is 7.21. The molecule has 4 nitrogen and oxygen atoms in total. The van der Waals surface area contributed by atoms with Gasteiger partial charge in [-0.05, 0) is 25.8 Å². The molecule has 0 fully saturated rings. The van der Waals surface area contributed by atoms with Crippen molar-refractivity contribution >= 4 is 11.6 Å². The largest absolute Gasteiger partial charge is 0.275 e. The van der Waals surface area contributed by atoms with Gasteiger partial charge in [0, 0.05) is 24.5 Å². The Labute approximate surface area is 119 Å². The molecular formula is C14H21ClN4. The number of rotatable bonds is 5. The third-order valence-corrected chi connectivity index (χ3v) is 3.54. The Kier molecular flexibility index (Phi) is 4.30. The van der Waals surface area contributed by atoms with Gasteiger partial charge >= 0.3 is 0 Å². The van der Waals surface area contributed by atoms with Gasteiger partial charge in [0.25, 0.3) is 0 Å². The van der Waals surface area contributed by atoms with Gasteiger partial charge in [-0.25, -0.2) is 0 Å². The van der Waals surface area contributed by atoms with E-state index in [1.165, 1.54) is 11.3 Å². The van der Waals surface area contributed by atoms with E-state index in [9.17, 15) is 0 Å². The number of nitrogens with zero attached hydrogens (tertiary/aromatic N) is 4. The fourth-order valence-corrected chi connectivity index (χ4v) is 2.74. The maximum Gasteiger partial charge on any atom is 0.0853 e. The van der Waals surface area contributed by atoms with Crippen molar-refractivity contribution in [1.29, 1.82) is 0 Å². The molecule has 0 bridgehead atoms. The lowest BCUT2D eigenvalue weighted by Crippen LogP contribution is -2.07. The topological polar surface area (TPSA) is 35.6 Å². The van der Waals surface area contributed by atoms with E-state index >= 15 is 0 Å². The molecule has 0 N–H and O–H groups in total. The minimum absolute atomic E-state index is 0.00221. The smallest absolute Gasteiger partial charge is 0.0853 e. The number of alkyl halides is 1. The predicted molar refractivity (Wildman–Crippen MR) is 77.6 cm³/mol. The molecule has 0 saturated carbocycles. The summed E-state index contributed by atoms with van der Waals surface area (Å²) in [5.41, 5.74) is 4.55. The zero-order chi connectivity index (χ0) is 14.0. The Morgan fingerprint density at radius 3 is 2.47 bits per heavy atom. The lowest BCUT2D eigenvalue weighted by Gasteiger charge is -2.08. The van der Waals surface area contributed by atoms with Crippen LogP contribution in [0, 0.1) is 0 Å². The molecule has 0 amide bonds. The van der Waals surface area contributed by atoms with Gasteiger partial charge in [0.15, 0.2) is 0 Å². The monoisotopic (exact) mass is 280 g/mol. The molecule has 0 saturated heterocycles. The summed E-state index contributed by atoms with van der Waals surface area (Å²) in [6.45, 7) is 6.99. The van der Waals surface area contributed by atoms with Crippen molar-refractivity contribution in [2.75, 3.05) is 0 Å². The molecule has 0 aliphatic rings. The number of aromatic nitrogens is 4. The van der Waals surface area contributed by atoms with Crippen LogP contribution in [-0.4, -0.2) is 19.6 Å². The van der Waals surface area contributed by atoms with Crippen molar-refractivity contribution < 1.29 is 0 Å². The summed E-state index contributed by atoms with van der Waals surface area (Å²) in [6, 6.07) is 2.02. The normalized spacial score (nSPS) is 12.9. The van der Waals surface area contributed by atoms with Crippen LogP contribution in [0.4, 0.5) is 0 Å². The second-order valence-electron chi connectivity index (χ2n) is 4.77. The third-order valence-electron chi connectivity index (χ3n) is 3.32. The van der Waals surface area contributed by atoms with E-state index < -0.39 is 0 Å². The van der Waals surface area contributed by atoms with Gasteiger partial charge in [-0.15, -0.1) is 11.6 Å². The zero-order valence-corrected chi connectivity index (χ0v) is 12.8. The molecular weight excluding hydrogens is 260 g/mol. The lowest BCUT2D eigenvalue weighted by atomic mass is 10.1. The molecule has 2 rings (SSSR count). The predicted octanol–water partition coefficient (Wildman–Crippen LogP) is 3.09. The lowest BCUT2D eigenvalue weighted by molar-refractivity contribution is 0.616. The van der Waals surface area contributed by atoms with Crippen LogP contribution < -0.4 is 0 Å². The molecule has 19 heavy (non-hydrogen) atoms. The van der Waals surface area contributed by atoms with Crippen LogP contribution in [0.25, 0.3) is 0 Å². The van der Waals surface area contributed by atoms with Gasteiger partial charge in [0.05, 0.1) is 23.3 Å². The van der Waals surface area contributed by atoms with E-state index in [4.69, 9.17) is 16.7 Å². The maximum atomic E-state index is 6.32. The van der Waals surface area contributed by atoms with Crippen LogP contribution in [0.15, 0.2) is 12.3 Å². The highest BCUT2D eigenvalue weighted by molar-refractivity contribution is 6.20. The van der Waals surface area contributed by atoms with E-state index in [0.717, 1.165) is 24.2 Å². The molecule has 5 heteroatoms. The highest BCUT2D eigenvalue weighted by Crippen LogP contribution is 2.28. The van der Waals surface area contributed by atoms with Gasteiger partial charge in [0.2, 0.25) is 0 Å². The van der Waals surface area contributed by atoms with E-state index in [2.05, 4.69) is 23.6 Å². The first kappa shape index (κ1) is 14.1. The van der Waals surface area contributed by atoms with E-state index in [0.29, 0.717) is 6.54 Å². The number of aryl methyl sites for hydroxylation is 2. The maximum absolute atomic E-state index is 6.32. The molecule has 0 aliphatic carbocycles. The number of hydrogen-bond acceptors (Lipinski definition) is 2. The highest BCUT2D eigenvalue weighted by Gasteiger charge is 2.19. The van der Waals surface area contributed by atoms with Crippen LogP contribution in [0.5, 0.6) is 0 Å². The fourth-order valence-electron chi connectivity index (χ4n) is 2.49. The first-order valence-electron chi connectivity index (χ1n) is 6.77. The molecule has 2 heterocycles. The van der Waals surface area contributed by atoms with Crippen LogP contribution in [0.2, 0.25) is 0 Å². The second kappa shape index (κ2) is 5.78. The number of hydrogen-bond donors (Lipinski definition) is 0. The first-order chi connectivity index (χ1) is 9.06.